The van der Waals surface area contributed by atoms with E-state index in [2.05, 4.69) is 23.6 Å². The first-order chi connectivity index (χ1) is 8.01. The van der Waals surface area contributed by atoms with Crippen LogP contribution in [-0.4, -0.2) is 60.6 Å². The molecule has 0 aliphatic carbocycles. The topological polar surface area (TPSA) is 43.8 Å². The number of likely N-dealkylation sites (N-methyl/N-ethyl adjacent to an activating group) is 1. The lowest BCUT2D eigenvalue weighted by Crippen LogP contribution is -2.42. The van der Waals surface area contributed by atoms with Crippen molar-refractivity contribution in [2.45, 2.75) is 45.6 Å². The third-order valence-electron chi connectivity index (χ3n) is 2.93. The average molecular weight is 244 g/mol. The molecule has 0 aromatic carbocycles. The standard InChI is InChI=1S/C13H28N2O2/c1-5-7-12(8-6-2)15(11-13(16)17)10-9-14(3)4/h12H,5-11H2,1-4H3,(H,16,17). The highest BCUT2D eigenvalue weighted by atomic mass is 16.4. The van der Waals surface area contributed by atoms with Crippen LogP contribution in [0.3, 0.4) is 0 Å². The molecular formula is C13H28N2O2. The van der Waals surface area contributed by atoms with Gasteiger partial charge < -0.3 is 10.0 Å². The molecule has 0 amide bonds. The van der Waals surface area contributed by atoms with Gasteiger partial charge in [0.2, 0.25) is 0 Å². The lowest BCUT2D eigenvalue weighted by molar-refractivity contribution is -0.139. The molecule has 0 aromatic heterocycles. The summed E-state index contributed by atoms with van der Waals surface area (Å²) in [6, 6.07) is 0.418. The molecule has 0 atom stereocenters. The number of hydrogen-bond acceptors (Lipinski definition) is 3. The summed E-state index contributed by atoms with van der Waals surface area (Å²) < 4.78 is 0. The van der Waals surface area contributed by atoms with Gasteiger partial charge in [-0.25, -0.2) is 0 Å². The van der Waals surface area contributed by atoms with Gasteiger partial charge in [-0.3, -0.25) is 9.69 Å². The van der Waals surface area contributed by atoms with Gasteiger partial charge in [0.25, 0.3) is 0 Å². The van der Waals surface area contributed by atoms with Crippen molar-refractivity contribution in [3.05, 3.63) is 0 Å². The average Bonchev–Trinajstić information content (AvgIpc) is 2.23. The lowest BCUT2D eigenvalue weighted by atomic mass is 10.0. The summed E-state index contributed by atoms with van der Waals surface area (Å²) in [7, 11) is 4.04. The predicted octanol–water partition coefficient (Wildman–Crippen LogP) is 1.90. The van der Waals surface area contributed by atoms with Gasteiger partial charge in [-0.2, -0.15) is 0 Å². The van der Waals surface area contributed by atoms with Gasteiger partial charge in [0.15, 0.2) is 0 Å². The fraction of sp³-hybridized carbons (Fsp3) is 0.923. The summed E-state index contributed by atoms with van der Waals surface area (Å²) in [5.41, 5.74) is 0. The van der Waals surface area contributed by atoms with E-state index in [0.717, 1.165) is 38.8 Å². The Morgan fingerprint density at radius 3 is 2.00 bits per heavy atom. The lowest BCUT2D eigenvalue weighted by Gasteiger charge is -2.31. The predicted molar refractivity (Wildman–Crippen MR) is 71.4 cm³/mol. The maximum absolute atomic E-state index is 10.9. The van der Waals surface area contributed by atoms with Crippen LogP contribution in [0.4, 0.5) is 0 Å². The Balaban J connectivity index is 4.41. The zero-order chi connectivity index (χ0) is 13.3. The summed E-state index contributed by atoms with van der Waals surface area (Å²) in [4.78, 5) is 15.1. The van der Waals surface area contributed by atoms with Gasteiger partial charge in [-0.05, 0) is 26.9 Å². The number of carboxylic acid groups (broad SMARTS) is 1. The van der Waals surface area contributed by atoms with Crippen LogP contribution in [-0.2, 0) is 4.79 Å². The molecular weight excluding hydrogens is 216 g/mol. The van der Waals surface area contributed by atoms with Crippen LogP contribution >= 0.6 is 0 Å². The fourth-order valence-electron chi connectivity index (χ4n) is 2.07. The molecule has 102 valence electrons. The van der Waals surface area contributed by atoms with Gasteiger partial charge >= 0.3 is 5.97 Å². The molecule has 0 aromatic rings. The molecule has 0 rings (SSSR count). The van der Waals surface area contributed by atoms with Gasteiger partial charge in [-0.15, -0.1) is 0 Å². The van der Waals surface area contributed by atoms with Crippen LogP contribution < -0.4 is 0 Å². The third-order valence-corrected chi connectivity index (χ3v) is 2.93. The molecule has 0 aliphatic rings. The number of carbonyl (C=O) groups is 1. The van der Waals surface area contributed by atoms with Gasteiger partial charge in [0.05, 0.1) is 6.54 Å². The van der Waals surface area contributed by atoms with Crippen LogP contribution in [0.25, 0.3) is 0 Å². The van der Waals surface area contributed by atoms with Crippen molar-refractivity contribution >= 4 is 5.97 Å². The molecule has 0 bridgehead atoms. The highest BCUT2D eigenvalue weighted by Crippen LogP contribution is 2.13. The molecule has 1 N–H and O–H groups in total. The zero-order valence-electron chi connectivity index (χ0n) is 11.8. The minimum atomic E-state index is -0.721. The Morgan fingerprint density at radius 2 is 1.65 bits per heavy atom. The molecule has 4 heteroatoms. The first-order valence-electron chi connectivity index (χ1n) is 6.61. The highest BCUT2D eigenvalue weighted by Gasteiger charge is 2.19. The van der Waals surface area contributed by atoms with Gasteiger partial charge in [-0.1, -0.05) is 26.7 Å². The minimum absolute atomic E-state index is 0.165. The van der Waals surface area contributed by atoms with E-state index in [0.29, 0.717) is 6.04 Å². The molecule has 0 saturated carbocycles. The normalized spacial score (nSPS) is 11.7. The molecule has 0 fully saturated rings. The van der Waals surface area contributed by atoms with E-state index in [4.69, 9.17) is 5.11 Å². The Hall–Kier alpha value is -0.610. The largest absolute Gasteiger partial charge is 0.480 e. The van der Waals surface area contributed by atoms with Crippen molar-refractivity contribution < 1.29 is 9.90 Å². The van der Waals surface area contributed by atoms with E-state index in [9.17, 15) is 4.79 Å². The summed E-state index contributed by atoms with van der Waals surface area (Å²) in [5, 5.41) is 8.98. The van der Waals surface area contributed by atoms with E-state index in [-0.39, 0.29) is 6.54 Å². The quantitative estimate of drug-likeness (QED) is 0.637. The number of hydrogen-bond donors (Lipinski definition) is 1. The van der Waals surface area contributed by atoms with Crippen molar-refractivity contribution in [1.82, 2.24) is 9.80 Å². The Morgan fingerprint density at radius 1 is 1.12 bits per heavy atom. The first kappa shape index (κ1) is 16.4. The van der Waals surface area contributed by atoms with Crippen LogP contribution in [0.2, 0.25) is 0 Å². The van der Waals surface area contributed by atoms with Crippen molar-refractivity contribution in [2.24, 2.45) is 0 Å². The summed E-state index contributed by atoms with van der Waals surface area (Å²) in [6.45, 7) is 6.24. The number of aliphatic carboxylic acids is 1. The molecule has 4 nitrogen and oxygen atoms in total. The monoisotopic (exact) mass is 244 g/mol. The molecule has 0 unspecified atom stereocenters. The molecule has 0 heterocycles. The first-order valence-corrected chi connectivity index (χ1v) is 6.61. The Bertz CT molecular complexity index is 202. The van der Waals surface area contributed by atoms with E-state index < -0.39 is 5.97 Å². The van der Waals surface area contributed by atoms with Crippen LogP contribution in [0, 0.1) is 0 Å². The number of carboxylic acids is 1. The smallest absolute Gasteiger partial charge is 0.317 e. The maximum Gasteiger partial charge on any atom is 0.317 e. The Kier molecular flexibility index (Phi) is 9.09. The van der Waals surface area contributed by atoms with Crippen LogP contribution in [0.15, 0.2) is 0 Å². The van der Waals surface area contributed by atoms with Crippen molar-refractivity contribution in [3.8, 4) is 0 Å². The minimum Gasteiger partial charge on any atom is -0.480 e. The summed E-state index contributed by atoms with van der Waals surface area (Å²) >= 11 is 0. The van der Waals surface area contributed by atoms with Crippen molar-refractivity contribution in [1.29, 1.82) is 0 Å². The van der Waals surface area contributed by atoms with Crippen molar-refractivity contribution in [2.75, 3.05) is 33.7 Å². The van der Waals surface area contributed by atoms with Gasteiger partial charge in [0, 0.05) is 19.1 Å². The molecule has 0 saturated heterocycles. The number of nitrogens with zero attached hydrogens (tertiary/aromatic N) is 2. The SMILES string of the molecule is CCCC(CCC)N(CCN(C)C)CC(=O)O. The second kappa shape index (κ2) is 9.42. The fourth-order valence-corrected chi connectivity index (χ4v) is 2.07. The summed E-state index contributed by atoms with van der Waals surface area (Å²) in [5.74, 6) is -0.721. The zero-order valence-corrected chi connectivity index (χ0v) is 11.8. The van der Waals surface area contributed by atoms with Crippen LogP contribution in [0.1, 0.15) is 39.5 Å². The molecule has 0 spiro atoms. The summed E-state index contributed by atoms with van der Waals surface area (Å²) in [6.07, 6.45) is 4.41. The Labute approximate surface area is 106 Å². The van der Waals surface area contributed by atoms with E-state index in [1.54, 1.807) is 0 Å². The van der Waals surface area contributed by atoms with Crippen LogP contribution in [0.5, 0.6) is 0 Å². The number of rotatable bonds is 10. The van der Waals surface area contributed by atoms with E-state index in [1.165, 1.54) is 0 Å². The van der Waals surface area contributed by atoms with Crippen molar-refractivity contribution in [3.63, 3.8) is 0 Å². The second-order valence-electron chi connectivity index (χ2n) is 4.90. The second-order valence-corrected chi connectivity index (χ2v) is 4.90. The van der Waals surface area contributed by atoms with E-state index >= 15 is 0 Å². The van der Waals surface area contributed by atoms with E-state index in [1.807, 2.05) is 14.1 Å². The van der Waals surface area contributed by atoms with Gasteiger partial charge in [0.1, 0.15) is 0 Å². The molecule has 0 radical (unpaired) electrons. The highest BCUT2D eigenvalue weighted by molar-refractivity contribution is 5.69. The molecule has 17 heavy (non-hydrogen) atoms. The maximum atomic E-state index is 10.9. The molecule has 0 aliphatic heterocycles. The third kappa shape index (κ3) is 8.16.